The summed E-state index contributed by atoms with van der Waals surface area (Å²) in [5.74, 6) is 0.978. The van der Waals surface area contributed by atoms with E-state index in [4.69, 9.17) is 14.2 Å². The van der Waals surface area contributed by atoms with Crippen molar-refractivity contribution in [1.82, 2.24) is 0 Å². The Morgan fingerprint density at radius 1 is 1.00 bits per heavy atom. The molecule has 0 spiro atoms. The Bertz CT molecular complexity index is 1040. The first kappa shape index (κ1) is 22.1. The van der Waals surface area contributed by atoms with Crippen LogP contribution in [0.3, 0.4) is 0 Å². The molecule has 0 unspecified atom stereocenters. The van der Waals surface area contributed by atoms with Crippen molar-refractivity contribution in [3.63, 3.8) is 0 Å². The topological polar surface area (TPSA) is 57.1 Å². The lowest BCUT2D eigenvalue weighted by molar-refractivity contribution is -0.129. The number of cyclic esters (lactones) is 1. The van der Waals surface area contributed by atoms with Crippen molar-refractivity contribution in [2.45, 2.75) is 26.2 Å². The quantitative estimate of drug-likeness (QED) is 0.325. The van der Waals surface area contributed by atoms with Gasteiger partial charge in [-0.15, -0.1) is 0 Å². The Labute approximate surface area is 183 Å². The van der Waals surface area contributed by atoms with E-state index in [1.165, 1.54) is 5.56 Å². The fraction of sp³-hybridized carbons (Fsp3) is 0.231. The molecule has 2 aromatic rings. The first-order valence-corrected chi connectivity index (χ1v) is 10.1. The normalized spacial score (nSPS) is 14.7. The highest BCUT2D eigenvalue weighted by atomic mass is 16.6. The average Bonchev–Trinajstić information content (AvgIpc) is 3.11. The Morgan fingerprint density at radius 3 is 2.32 bits per heavy atom. The van der Waals surface area contributed by atoms with Gasteiger partial charge in [0.25, 0.3) is 0 Å². The summed E-state index contributed by atoms with van der Waals surface area (Å²) >= 11 is 0. The number of esters is 1. The number of ether oxygens (including phenoxy) is 3. The van der Waals surface area contributed by atoms with Crippen LogP contribution >= 0.6 is 0 Å². The zero-order valence-corrected chi connectivity index (χ0v) is 18.2. The van der Waals surface area contributed by atoms with Crippen LogP contribution in [0, 0.1) is 0 Å². The molecule has 1 aliphatic heterocycles. The molecule has 0 N–H and O–H groups in total. The van der Waals surface area contributed by atoms with Gasteiger partial charge in [-0.05, 0) is 41.3 Å². The Balaban J connectivity index is 1.90. The molecular formula is C26H27NO4. The standard InChI is InChI=1S/C26H27NO4/c1-6-14-29-21-13-10-19(23(17-21)30-15-7-2)16-22-25(28)31-24(27-22)18-8-11-20(12-9-18)26(3,4)5/h6-13,16-17H,1-2,14-15H2,3-5H3/b22-16+. The van der Waals surface area contributed by atoms with Crippen LogP contribution in [0.5, 0.6) is 11.5 Å². The van der Waals surface area contributed by atoms with Gasteiger partial charge in [-0.25, -0.2) is 9.79 Å². The third kappa shape index (κ3) is 5.51. The lowest BCUT2D eigenvalue weighted by Crippen LogP contribution is -2.11. The third-order valence-electron chi connectivity index (χ3n) is 4.62. The summed E-state index contributed by atoms with van der Waals surface area (Å²) in [4.78, 5) is 16.8. The van der Waals surface area contributed by atoms with Gasteiger partial charge >= 0.3 is 5.97 Å². The fourth-order valence-electron chi connectivity index (χ4n) is 2.95. The molecule has 160 valence electrons. The number of benzene rings is 2. The zero-order valence-electron chi connectivity index (χ0n) is 18.2. The lowest BCUT2D eigenvalue weighted by atomic mass is 9.87. The maximum atomic E-state index is 12.4. The second kappa shape index (κ2) is 9.47. The maximum Gasteiger partial charge on any atom is 0.363 e. The van der Waals surface area contributed by atoms with E-state index in [1.807, 2.05) is 30.3 Å². The minimum absolute atomic E-state index is 0.0428. The average molecular weight is 418 g/mol. The minimum Gasteiger partial charge on any atom is -0.489 e. The molecule has 1 aliphatic rings. The van der Waals surface area contributed by atoms with Crippen LogP contribution in [0.15, 0.2) is 78.5 Å². The van der Waals surface area contributed by atoms with E-state index >= 15 is 0 Å². The predicted molar refractivity (Wildman–Crippen MR) is 124 cm³/mol. The van der Waals surface area contributed by atoms with Crippen molar-refractivity contribution < 1.29 is 19.0 Å². The van der Waals surface area contributed by atoms with Gasteiger partial charge in [-0.1, -0.05) is 58.2 Å². The van der Waals surface area contributed by atoms with Crippen molar-refractivity contribution in [2.24, 2.45) is 4.99 Å². The number of rotatable bonds is 8. The first-order valence-electron chi connectivity index (χ1n) is 10.1. The molecule has 0 saturated carbocycles. The summed E-state index contributed by atoms with van der Waals surface area (Å²) in [6, 6.07) is 13.2. The summed E-state index contributed by atoms with van der Waals surface area (Å²) in [6.45, 7) is 14.5. The summed E-state index contributed by atoms with van der Waals surface area (Å²) in [6.07, 6.45) is 4.96. The highest BCUT2D eigenvalue weighted by Crippen LogP contribution is 2.29. The molecule has 0 bridgehead atoms. The largest absolute Gasteiger partial charge is 0.489 e. The van der Waals surface area contributed by atoms with E-state index in [-0.39, 0.29) is 17.0 Å². The van der Waals surface area contributed by atoms with Crippen LogP contribution in [-0.2, 0) is 14.9 Å². The summed E-state index contributed by atoms with van der Waals surface area (Å²) in [5, 5.41) is 0. The second-order valence-corrected chi connectivity index (χ2v) is 8.06. The monoisotopic (exact) mass is 417 g/mol. The van der Waals surface area contributed by atoms with E-state index in [0.717, 1.165) is 5.56 Å². The molecule has 0 aliphatic carbocycles. The Morgan fingerprint density at radius 2 is 1.68 bits per heavy atom. The van der Waals surface area contributed by atoms with Crippen LogP contribution in [-0.4, -0.2) is 25.1 Å². The molecule has 0 fully saturated rings. The van der Waals surface area contributed by atoms with E-state index < -0.39 is 5.97 Å². The van der Waals surface area contributed by atoms with Crippen molar-refractivity contribution >= 4 is 17.9 Å². The number of carbonyl (C=O) groups excluding carboxylic acids is 1. The van der Waals surface area contributed by atoms with E-state index in [9.17, 15) is 4.79 Å². The lowest BCUT2D eigenvalue weighted by Gasteiger charge is -2.18. The summed E-state index contributed by atoms with van der Waals surface area (Å²) < 4.78 is 16.7. The number of hydrogen-bond donors (Lipinski definition) is 0. The van der Waals surface area contributed by atoms with E-state index in [2.05, 4.69) is 38.9 Å². The van der Waals surface area contributed by atoms with Gasteiger partial charge in [0.1, 0.15) is 24.7 Å². The molecule has 31 heavy (non-hydrogen) atoms. The second-order valence-electron chi connectivity index (χ2n) is 8.06. The summed E-state index contributed by atoms with van der Waals surface area (Å²) in [7, 11) is 0. The molecular weight excluding hydrogens is 390 g/mol. The SMILES string of the molecule is C=CCOc1ccc(/C=C2/N=C(c3ccc(C(C)(C)C)cc3)OC2=O)c(OCC=C)c1. The molecule has 0 radical (unpaired) electrons. The highest BCUT2D eigenvalue weighted by molar-refractivity contribution is 6.13. The highest BCUT2D eigenvalue weighted by Gasteiger charge is 2.25. The van der Waals surface area contributed by atoms with Crippen molar-refractivity contribution in [2.75, 3.05) is 13.2 Å². The first-order chi connectivity index (χ1) is 14.8. The molecule has 3 rings (SSSR count). The van der Waals surface area contributed by atoms with Gasteiger partial charge < -0.3 is 14.2 Å². The van der Waals surface area contributed by atoms with Crippen molar-refractivity contribution in [1.29, 1.82) is 0 Å². The molecule has 0 atom stereocenters. The van der Waals surface area contributed by atoms with Crippen LogP contribution in [0.25, 0.3) is 6.08 Å². The van der Waals surface area contributed by atoms with Gasteiger partial charge in [-0.2, -0.15) is 0 Å². The molecule has 5 nitrogen and oxygen atoms in total. The van der Waals surface area contributed by atoms with Crippen LogP contribution < -0.4 is 9.47 Å². The molecule has 2 aromatic carbocycles. The Kier molecular flexibility index (Phi) is 6.75. The zero-order chi connectivity index (χ0) is 22.4. The molecule has 0 aromatic heterocycles. The predicted octanol–water partition coefficient (Wildman–Crippen LogP) is 5.46. The molecule has 0 saturated heterocycles. The van der Waals surface area contributed by atoms with Crippen molar-refractivity contribution in [3.8, 4) is 11.5 Å². The van der Waals surface area contributed by atoms with Gasteiger partial charge in [0.2, 0.25) is 5.90 Å². The summed E-state index contributed by atoms with van der Waals surface area (Å²) in [5.41, 5.74) is 2.88. The fourth-order valence-corrected chi connectivity index (χ4v) is 2.95. The third-order valence-corrected chi connectivity index (χ3v) is 4.62. The number of nitrogens with zero attached hydrogens (tertiary/aromatic N) is 1. The van der Waals surface area contributed by atoms with Gasteiger partial charge in [0.05, 0.1) is 0 Å². The number of carbonyl (C=O) groups is 1. The van der Waals surface area contributed by atoms with Crippen LogP contribution in [0.4, 0.5) is 0 Å². The van der Waals surface area contributed by atoms with Gasteiger partial charge in [0.15, 0.2) is 5.70 Å². The van der Waals surface area contributed by atoms with Crippen LogP contribution in [0.2, 0.25) is 0 Å². The Hall–Kier alpha value is -3.60. The molecule has 0 amide bonds. The minimum atomic E-state index is -0.503. The van der Waals surface area contributed by atoms with E-state index in [0.29, 0.717) is 30.3 Å². The van der Waals surface area contributed by atoms with Crippen LogP contribution in [0.1, 0.15) is 37.5 Å². The number of aliphatic imine (C=N–C) groups is 1. The van der Waals surface area contributed by atoms with Crippen molar-refractivity contribution in [3.05, 3.63) is 90.2 Å². The van der Waals surface area contributed by atoms with Gasteiger partial charge in [-0.3, -0.25) is 0 Å². The van der Waals surface area contributed by atoms with E-state index in [1.54, 1.807) is 30.4 Å². The number of hydrogen-bond acceptors (Lipinski definition) is 5. The van der Waals surface area contributed by atoms with Gasteiger partial charge in [0, 0.05) is 17.2 Å². The molecule has 5 heteroatoms. The smallest absolute Gasteiger partial charge is 0.363 e. The maximum absolute atomic E-state index is 12.4. The molecule has 1 heterocycles.